The summed E-state index contributed by atoms with van der Waals surface area (Å²) in [5.74, 6) is -0.616. The highest BCUT2D eigenvalue weighted by Gasteiger charge is 2.38. The number of benzene rings is 3. The Morgan fingerprint density at radius 1 is 0.818 bits per heavy atom. The third-order valence-electron chi connectivity index (χ3n) is 5.00. The van der Waals surface area contributed by atoms with Gasteiger partial charge >= 0.3 is 0 Å². The van der Waals surface area contributed by atoms with Crippen molar-refractivity contribution in [1.29, 1.82) is 0 Å². The zero-order valence-corrected chi connectivity index (χ0v) is 13.1. The smallest absolute Gasteiger partial charge is 0.195 e. The van der Waals surface area contributed by atoms with Gasteiger partial charge in [0.05, 0.1) is 0 Å². The number of fused-ring (bicyclic) bond motifs is 5. The van der Waals surface area contributed by atoms with E-state index in [1.165, 1.54) is 32.7 Å². The average molecular weight is 292 g/mol. The molecular weight excluding hydrogens is 272 g/mol. The molecule has 0 atom stereocenters. The summed E-state index contributed by atoms with van der Waals surface area (Å²) in [6, 6.07) is 17.4. The summed E-state index contributed by atoms with van der Waals surface area (Å²) in [6.45, 7) is 0. The van der Waals surface area contributed by atoms with E-state index >= 15 is 0 Å². The highest BCUT2D eigenvalue weighted by atomic mass is 16.7. The van der Waals surface area contributed by atoms with Gasteiger partial charge in [-0.3, -0.25) is 0 Å². The van der Waals surface area contributed by atoms with Crippen molar-refractivity contribution in [1.82, 2.24) is 0 Å². The first-order chi connectivity index (χ1) is 10.8. The van der Waals surface area contributed by atoms with Crippen molar-refractivity contribution in [3.8, 4) is 0 Å². The Hall–Kier alpha value is -1.90. The topological polar surface area (TPSA) is 18.5 Å². The minimum atomic E-state index is -0.616. The van der Waals surface area contributed by atoms with E-state index in [4.69, 9.17) is 9.47 Å². The molecule has 0 aromatic heterocycles. The largest absolute Gasteiger partial charge is 0.349 e. The molecule has 0 unspecified atom stereocenters. The van der Waals surface area contributed by atoms with Crippen LogP contribution in [-0.4, -0.2) is 14.2 Å². The highest BCUT2D eigenvalue weighted by molar-refractivity contribution is 6.09. The van der Waals surface area contributed by atoms with Gasteiger partial charge in [0, 0.05) is 26.2 Å². The summed E-state index contributed by atoms with van der Waals surface area (Å²) in [4.78, 5) is 0. The Morgan fingerprint density at radius 2 is 1.59 bits per heavy atom. The standard InChI is InChI=1S/C20H20O2/c1-21-20(22-2)13-5-7-15-10-11-17-16-8-4-3-6-14(16)9-12-18(17)19(15)20/h3-4,6,8-12H,5,7,13H2,1-2H3. The van der Waals surface area contributed by atoms with Crippen LogP contribution < -0.4 is 0 Å². The first kappa shape index (κ1) is 13.7. The summed E-state index contributed by atoms with van der Waals surface area (Å²) in [5.41, 5.74) is 2.56. The summed E-state index contributed by atoms with van der Waals surface area (Å²) in [5, 5.41) is 5.08. The third kappa shape index (κ3) is 1.81. The molecule has 2 heteroatoms. The van der Waals surface area contributed by atoms with Crippen LogP contribution in [0.25, 0.3) is 21.5 Å². The molecular formula is C20H20O2. The molecule has 3 aromatic carbocycles. The van der Waals surface area contributed by atoms with E-state index in [1.807, 2.05) is 0 Å². The Kier molecular flexibility index (Phi) is 3.17. The van der Waals surface area contributed by atoms with Crippen molar-refractivity contribution in [2.24, 2.45) is 0 Å². The van der Waals surface area contributed by atoms with Gasteiger partial charge in [-0.25, -0.2) is 0 Å². The van der Waals surface area contributed by atoms with Crippen LogP contribution in [0.5, 0.6) is 0 Å². The van der Waals surface area contributed by atoms with Crippen LogP contribution in [0.15, 0.2) is 48.5 Å². The Morgan fingerprint density at radius 3 is 2.41 bits per heavy atom. The summed E-state index contributed by atoms with van der Waals surface area (Å²) >= 11 is 0. The van der Waals surface area contributed by atoms with Gasteiger partial charge in [-0.2, -0.15) is 0 Å². The molecule has 3 aromatic rings. The van der Waals surface area contributed by atoms with Crippen LogP contribution in [0, 0.1) is 0 Å². The zero-order chi connectivity index (χ0) is 15.2. The van der Waals surface area contributed by atoms with Crippen LogP contribution in [0.3, 0.4) is 0 Å². The van der Waals surface area contributed by atoms with E-state index in [2.05, 4.69) is 48.5 Å². The lowest BCUT2D eigenvalue weighted by molar-refractivity contribution is -0.223. The van der Waals surface area contributed by atoms with Gasteiger partial charge < -0.3 is 9.47 Å². The van der Waals surface area contributed by atoms with Crippen molar-refractivity contribution < 1.29 is 9.47 Å². The predicted octanol–water partition coefficient (Wildman–Crippen LogP) is 4.77. The summed E-state index contributed by atoms with van der Waals surface area (Å²) < 4.78 is 11.7. The lowest BCUT2D eigenvalue weighted by Gasteiger charge is -2.37. The average Bonchev–Trinajstić information content (AvgIpc) is 2.60. The molecule has 112 valence electrons. The highest BCUT2D eigenvalue weighted by Crippen LogP contribution is 2.43. The molecule has 4 rings (SSSR count). The Bertz CT molecular complexity index is 847. The van der Waals surface area contributed by atoms with Crippen LogP contribution in [0.1, 0.15) is 24.0 Å². The van der Waals surface area contributed by atoms with Crippen LogP contribution >= 0.6 is 0 Å². The second-order valence-corrected chi connectivity index (χ2v) is 6.00. The maximum absolute atomic E-state index is 5.85. The normalized spacial score (nSPS) is 16.8. The van der Waals surface area contributed by atoms with Gasteiger partial charge in [0.1, 0.15) is 0 Å². The monoisotopic (exact) mass is 292 g/mol. The maximum atomic E-state index is 5.85. The van der Waals surface area contributed by atoms with E-state index in [0.29, 0.717) is 0 Å². The van der Waals surface area contributed by atoms with Crippen LogP contribution in [-0.2, 0) is 21.7 Å². The number of hydrogen-bond donors (Lipinski definition) is 0. The van der Waals surface area contributed by atoms with Gasteiger partial charge in [-0.15, -0.1) is 0 Å². The fraction of sp³-hybridized carbons (Fsp3) is 0.300. The molecule has 0 N–H and O–H groups in total. The van der Waals surface area contributed by atoms with Crippen LogP contribution in [0.2, 0.25) is 0 Å². The molecule has 0 heterocycles. The molecule has 0 fully saturated rings. The van der Waals surface area contributed by atoms with Gasteiger partial charge in [0.25, 0.3) is 0 Å². The van der Waals surface area contributed by atoms with Gasteiger partial charge in [-0.1, -0.05) is 48.5 Å². The van der Waals surface area contributed by atoms with E-state index in [1.54, 1.807) is 14.2 Å². The van der Waals surface area contributed by atoms with Crippen molar-refractivity contribution in [3.05, 3.63) is 59.7 Å². The zero-order valence-electron chi connectivity index (χ0n) is 13.1. The molecule has 0 bridgehead atoms. The molecule has 2 nitrogen and oxygen atoms in total. The van der Waals surface area contributed by atoms with E-state index in [9.17, 15) is 0 Å². The minimum absolute atomic E-state index is 0.616. The first-order valence-electron chi connectivity index (χ1n) is 7.83. The quantitative estimate of drug-likeness (QED) is 0.500. The number of rotatable bonds is 2. The lowest BCUT2D eigenvalue weighted by Crippen LogP contribution is -2.35. The van der Waals surface area contributed by atoms with Crippen LogP contribution in [0.4, 0.5) is 0 Å². The van der Waals surface area contributed by atoms with Gasteiger partial charge in [0.15, 0.2) is 5.79 Å². The van der Waals surface area contributed by atoms with Crippen molar-refractivity contribution in [3.63, 3.8) is 0 Å². The molecule has 22 heavy (non-hydrogen) atoms. The second kappa shape index (κ2) is 5.08. The molecule has 1 aliphatic rings. The van der Waals surface area contributed by atoms with Crippen molar-refractivity contribution in [2.45, 2.75) is 25.0 Å². The second-order valence-electron chi connectivity index (χ2n) is 6.00. The predicted molar refractivity (Wildman–Crippen MR) is 90.1 cm³/mol. The van der Waals surface area contributed by atoms with Crippen molar-refractivity contribution in [2.75, 3.05) is 14.2 Å². The minimum Gasteiger partial charge on any atom is -0.349 e. The van der Waals surface area contributed by atoms with E-state index < -0.39 is 5.79 Å². The number of hydrogen-bond acceptors (Lipinski definition) is 2. The molecule has 0 radical (unpaired) electrons. The van der Waals surface area contributed by atoms with E-state index in [0.717, 1.165) is 19.3 Å². The lowest BCUT2D eigenvalue weighted by atomic mass is 9.82. The fourth-order valence-corrected chi connectivity index (χ4v) is 3.92. The molecule has 0 saturated heterocycles. The first-order valence-corrected chi connectivity index (χ1v) is 7.83. The van der Waals surface area contributed by atoms with Gasteiger partial charge in [0.2, 0.25) is 0 Å². The molecule has 0 saturated carbocycles. The molecule has 0 aliphatic heterocycles. The fourth-order valence-electron chi connectivity index (χ4n) is 3.92. The molecule has 0 amide bonds. The summed E-state index contributed by atoms with van der Waals surface area (Å²) in [6.07, 6.45) is 3.08. The maximum Gasteiger partial charge on any atom is 0.195 e. The van der Waals surface area contributed by atoms with Gasteiger partial charge in [-0.05, 0) is 39.9 Å². The number of methoxy groups -OCH3 is 2. The number of ether oxygens (including phenoxy) is 2. The molecule has 1 aliphatic carbocycles. The Labute approximate surface area is 130 Å². The SMILES string of the molecule is COC1(OC)CCCc2ccc3c(ccc4ccccc43)c21. The Balaban J connectivity index is 2.13. The number of aryl methyl sites for hydroxylation is 1. The third-order valence-corrected chi connectivity index (χ3v) is 5.00. The summed E-state index contributed by atoms with van der Waals surface area (Å²) in [7, 11) is 3.50. The van der Waals surface area contributed by atoms with E-state index in [-0.39, 0.29) is 0 Å². The molecule has 0 spiro atoms. The van der Waals surface area contributed by atoms with Crippen molar-refractivity contribution >= 4 is 21.5 Å².